The fourth-order valence-corrected chi connectivity index (χ4v) is 7.39. The van der Waals surface area contributed by atoms with Crippen LogP contribution < -0.4 is 5.32 Å². The number of carbonyl (C=O) groups excluding carboxylic acids is 3. The number of aryl methyl sites for hydroxylation is 1. The number of nitrogens with zero attached hydrogens (tertiary/aromatic N) is 2. The third-order valence-corrected chi connectivity index (χ3v) is 9.95. The normalized spacial score (nSPS) is 16.7. The Morgan fingerprint density at radius 2 is 1.60 bits per heavy atom. The number of hydrogen-bond donors (Lipinski definition) is 1. The molecule has 3 amide bonds. The number of amides is 3. The lowest BCUT2D eigenvalue weighted by molar-refractivity contribution is -0.141. The van der Waals surface area contributed by atoms with Gasteiger partial charge in [-0.05, 0) is 49.4 Å². The van der Waals surface area contributed by atoms with Gasteiger partial charge in [-0.1, -0.05) is 85.1 Å². The van der Waals surface area contributed by atoms with Gasteiger partial charge in [0.1, 0.15) is 10.9 Å². The van der Waals surface area contributed by atoms with Crippen LogP contribution in [0.1, 0.15) is 65.6 Å². The van der Waals surface area contributed by atoms with Crippen molar-refractivity contribution < 1.29 is 22.8 Å². The third kappa shape index (κ3) is 6.57. The van der Waals surface area contributed by atoms with Crippen molar-refractivity contribution in [3.05, 3.63) is 101 Å². The van der Waals surface area contributed by atoms with Crippen LogP contribution in [0.15, 0.2) is 83.8 Å². The van der Waals surface area contributed by atoms with Crippen molar-refractivity contribution in [1.29, 1.82) is 0 Å². The molecule has 1 N–H and O–H groups in total. The molecule has 1 saturated carbocycles. The molecule has 0 aromatic heterocycles. The number of hydrogen-bond acceptors (Lipinski definition) is 5. The summed E-state index contributed by atoms with van der Waals surface area (Å²) >= 11 is 0. The van der Waals surface area contributed by atoms with Crippen molar-refractivity contribution in [3.8, 4) is 0 Å². The Kier molecular flexibility index (Phi) is 9.06. The molecule has 8 nitrogen and oxygen atoms in total. The second-order valence-electron chi connectivity index (χ2n) is 11.2. The molecule has 2 aliphatic rings. The van der Waals surface area contributed by atoms with Crippen LogP contribution in [0.25, 0.3) is 0 Å². The fourth-order valence-electron chi connectivity index (χ4n) is 5.78. The lowest BCUT2D eigenvalue weighted by Gasteiger charge is -2.32. The molecule has 5 rings (SSSR count). The first-order chi connectivity index (χ1) is 20.2. The predicted octanol–water partition coefficient (Wildman–Crippen LogP) is 4.62. The number of carbonyl (C=O) groups is 3. The predicted molar refractivity (Wildman–Crippen MR) is 160 cm³/mol. The maximum Gasteiger partial charge on any atom is 0.269 e. The van der Waals surface area contributed by atoms with Crippen molar-refractivity contribution in [1.82, 2.24) is 14.5 Å². The number of benzene rings is 3. The highest BCUT2D eigenvalue weighted by Gasteiger charge is 2.40. The van der Waals surface area contributed by atoms with Gasteiger partial charge in [0.2, 0.25) is 11.8 Å². The largest absolute Gasteiger partial charge is 0.352 e. The number of nitrogens with one attached hydrogen (secondary N) is 1. The summed E-state index contributed by atoms with van der Waals surface area (Å²) in [6.45, 7) is 2.12. The van der Waals surface area contributed by atoms with Gasteiger partial charge in [-0.25, -0.2) is 12.7 Å². The van der Waals surface area contributed by atoms with Crippen LogP contribution in [0.2, 0.25) is 0 Å². The third-order valence-electron chi connectivity index (χ3n) is 8.11. The van der Waals surface area contributed by atoms with Crippen LogP contribution >= 0.6 is 0 Å². The van der Waals surface area contributed by atoms with E-state index in [-0.39, 0.29) is 54.2 Å². The van der Waals surface area contributed by atoms with Gasteiger partial charge in [0.05, 0.1) is 5.56 Å². The summed E-state index contributed by atoms with van der Waals surface area (Å²) in [6, 6.07) is 23.0. The van der Waals surface area contributed by atoms with E-state index in [4.69, 9.17) is 0 Å². The number of fused-ring (bicyclic) bond motifs is 1. The zero-order valence-corrected chi connectivity index (χ0v) is 24.7. The molecule has 3 aromatic rings. The van der Waals surface area contributed by atoms with Gasteiger partial charge in [-0.15, -0.1) is 0 Å². The maximum atomic E-state index is 13.9. The molecule has 0 radical (unpaired) electrons. The van der Waals surface area contributed by atoms with Gasteiger partial charge in [-0.3, -0.25) is 14.4 Å². The quantitative estimate of drug-likeness (QED) is 0.353. The van der Waals surface area contributed by atoms with Crippen molar-refractivity contribution in [2.45, 2.75) is 75.4 Å². The van der Waals surface area contributed by atoms with E-state index in [2.05, 4.69) is 5.32 Å². The molecule has 0 bridgehead atoms. The second-order valence-corrected chi connectivity index (χ2v) is 13.0. The Bertz CT molecular complexity index is 1530. The highest BCUT2D eigenvalue weighted by atomic mass is 32.2. The van der Waals surface area contributed by atoms with Crippen LogP contribution in [0.3, 0.4) is 0 Å². The lowest BCUT2D eigenvalue weighted by atomic mass is 10.0. The van der Waals surface area contributed by atoms with E-state index in [0.717, 1.165) is 46.7 Å². The molecular formula is C33H37N3O5S. The van der Waals surface area contributed by atoms with E-state index >= 15 is 0 Å². The van der Waals surface area contributed by atoms with Crippen LogP contribution in [0.5, 0.6) is 0 Å². The highest BCUT2D eigenvalue weighted by Crippen LogP contribution is 2.30. The second kappa shape index (κ2) is 12.9. The topological polar surface area (TPSA) is 104 Å². The highest BCUT2D eigenvalue weighted by molar-refractivity contribution is 7.90. The average Bonchev–Trinajstić information content (AvgIpc) is 3.57. The van der Waals surface area contributed by atoms with E-state index in [0.29, 0.717) is 6.42 Å². The molecule has 3 aromatic carbocycles. The molecule has 220 valence electrons. The van der Waals surface area contributed by atoms with Gasteiger partial charge in [0.25, 0.3) is 15.9 Å². The summed E-state index contributed by atoms with van der Waals surface area (Å²) in [6.07, 6.45) is 4.48. The molecule has 1 fully saturated rings. The van der Waals surface area contributed by atoms with E-state index in [1.165, 1.54) is 12.1 Å². The molecule has 1 aliphatic carbocycles. The Labute approximate surface area is 247 Å². The van der Waals surface area contributed by atoms with Gasteiger partial charge >= 0.3 is 0 Å². The average molecular weight is 588 g/mol. The minimum atomic E-state index is -3.96. The molecule has 0 spiro atoms. The fraction of sp³-hybridized carbons (Fsp3) is 0.364. The van der Waals surface area contributed by atoms with Gasteiger partial charge in [0.15, 0.2) is 0 Å². The molecule has 0 saturated heterocycles. The summed E-state index contributed by atoms with van der Waals surface area (Å²) in [4.78, 5) is 42.2. The Balaban J connectivity index is 1.37. The zero-order valence-electron chi connectivity index (χ0n) is 23.9. The van der Waals surface area contributed by atoms with Crippen LogP contribution in [-0.2, 0) is 32.6 Å². The Morgan fingerprint density at radius 1 is 0.929 bits per heavy atom. The Morgan fingerprint density at radius 3 is 2.29 bits per heavy atom. The summed E-state index contributed by atoms with van der Waals surface area (Å²) in [5, 5.41) is 3.19. The lowest BCUT2D eigenvalue weighted by Crippen LogP contribution is -2.52. The molecule has 0 unspecified atom stereocenters. The minimum Gasteiger partial charge on any atom is -0.352 e. The summed E-state index contributed by atoms with van der Waals surface area (Å²) in [5.41, 5.74) is 3.08. The van der Waals surface area contributed by atoms with E-state index < -0.39 is 22.0 Å². The first-order valence-electron chi connectivity index (χ1n) is 14.6. The van der Waals surface area contributed by atoms with E-state index in [1.807, 2.05) is 61.5 Å². The summed E-state index contributed by atoms with van der Waals surface area (Å²) < 4.78 is 26.8. The molecule has 42 heavy (non-hydrogen) atoms. The van der Waals surface area contributed by atoms with Crippen LogP contribution in [0.4, 0.5) is 0 Å². The van der Waals surface area contributed by atoms with Gasteiger partial charge in [-0.2, -0.15) is 0 Å². The van der Waals surface area contributed by atoms with Crippen LogP contribution in [0, 0.1) is 6.92 Å². The van der Waals surface area contributed by atoms with Crippen LogP contribution in [-0.4, -0.2) is 54.0 Å². The van der Waals surface area contributed by atoms with E-state index in [1.54, 1.807) is 17.0 Å². The molecule has 1 atom stereocenters. The van der Waals surface area contributed by atoms with Crippen molar-refractivity contribution in [3.63, 3.8) is 0 Å². The molecule has 9 heteroatoms. The number of rotatable bonds is 11. The monoisotopic (exact) mass is 587 g/mol. The van der Waals surface area contributed by atoms with Gasteiger partial charge < -0.3 is 10.2 Å². The van der Waals surface area contributed by atoms with Crippen molar-refractivity contribution in [2.24, 2.45) is 0 Å². The first-order valence-corrected chi connectivity index (χ1v) is 16.0. The molecule has 1 aliphatic heterocycles. The smallest absolute Gasteiger partial charge is 0.269 e. The van der Waals surface area contributed by atoms with Crippen molar-refractivity contribution >= 4 is 27.7 Å². The first kappa shape index (κ1) is 29.5. The molecule has 1 heterocycles. The molecular weight excluding hydrogens is 550 g/mol. The summed E-state index contributed by atoms with van der Waals surface area (Å²) in [7, 11) is -3.96. The standard InChI is InChI=1S/C33H37N3O5S/c1-24-17-19-26(20-18-24)23-35(29(22-25-10-3-2-4-11-25)32(38)34-27-12-5-6-13-27)31(37)16-9-21-36-33(39)28-14-7-8-15-30(28)42(36,40)41/h2-4,7-8,10-11,14-15,17-20,27,29H,5-6,9,12-13,16,21-23H2,1H3,(H,34,38)/t29-/m1/s1. The van der Waals surface area contributed by atoms with Gasteiger partial charge in [0, 0.05) is 32.0 Å². The van der Waals surface area contributed by atoms with Crippen molar-refractivity contribution in [2.75, 3.05) is 6.54 Å². The minimum absolute atomic E-state index is 0.00571. The maximum absolute atomic E-state index is 13.9. The SMILES string of the molecule is Cc1ccc(CN(C(=O)CCCN2C(=O)c3ccccc3S2(=O)=O)[C@H](Cc2ccccc2)C(=O)NC2CCCC2)cc1. The van der Waals surface area contributed by atoms with E-state index in [9.17, 15) is 22.8 Å². The summed E-state index contributed by atoms with van der Waals surface area (Å²) in [5.74, 6) is -1.02. The Hall–Kier alpha value is -3.98. The number of sulfonamides is 1. The zero-order chi connectivity index (χ0) is 29.7.